The first kappa shape index (κ1) is 5.49. The van der Waals surface area contributed by atoms with Crippen molar-refractivity contribution in [3.05, 3.63) is 41.9 Å². The summed E-state index contributed by atoms with van der Waals surface area (Å²) in [5, 5.41) is 2.02. The fourth-order valence-corrected chi connectivity index (χ4v) is 1.59. The van der Waals surface area contributed by atoms with E-state index in [1.165, 1.54) is 0 Å². The van der Waals surface area contributed by atoms with Gasteiger partial charge < -0.3 is 0 Å². The van der Waals surface area contributed by atoms with Gasteiger partial charge in [0.15, 0.2) is 0 Å². The lowest BCUT2D eigenvalue weighted by atomic mass is 10.3. The summed E-state index contributed by atoms with van der Waals surface area (Å²) in [5.41, 5.74) is 0.945. The summed E-state index contributed by atoms with van der Waals surface area (Å²) in [6.45, 7) is 0. The van der Waals surface area contributed by atoms with Crippen LogP contribution in [0.5, 0.6) is 0 Å². The molecule has 2 aromatic heterocycles. The van der Waals surface area contributed by atoms with Crippen molar-refractivity contribution in [3.8, 4) is 10.6 Å². The maximum absolute atomic E-state index is 7.26. The van der Waals surface area contributed by atoms with Gasteiger partial charge in [0.05, 0.1) is 11.9 Å². The molecule has 0 saturated heterocycles. The first-order valence-electron chi connectivity index (χ1n) is 3.83. The smallest absolute Gasteiger partial charge is 0.0801 e. The highest BCUT2D eigenvalue weighted by Crippen LogP contribution is 2.21. The average Bonchev–Trinajstić information content (AvgIpc) is 2.58. The number of pyridine rings is 1. The lowest BCUT2D eigenvalue weighted by Gasteiger charge is -1.92. The van der Waals surface area contributed by atoms with Crippen LogP contribution in [0.4, 0.5) is 0 Å². The van der Waals surface area contributed by atoms with Gasteiger partial charge in [-0.25, -0.2) is 0 Å². The minimum absolute atomic E-state index is 0.454. The van der Waals surface area contributed by atoms with Gasteiger partial charge in [0.1, 0.15) is 0 Å². The van der Waals surface area contributed by atoms with E-state index in [1.54, 1.807) is 23.6 Å². The zero-order valence-corrected chi connectivity index (χ0v) is 6.64. The molecule has 54 valence electrons. The van der Waals surface area contributed by atoms with E-state index in [4.69, 9.17) is 1.37 Å². The van der Waals surface area contributed by atoms with Crippen molar-refractivity contribution in [2.24, 2.45) is 0 Å². The molecular formula is C9H7NS. The standard InChI is InChI=1S/C9H7NS/c1-2-6-10-8(4-1)9-5-3-7-11-9/h1-7H/i2D. The molecule has 0 aliphatic rings. The highest BCUT2D eigenvalue weighted by atomic mass is 32.1. The van der Waals surface area contributed by atoms with Crippen LogP contribution in [0.15, 0.2) is 41.9 Å². The van der Waals surface area contributed by atoms with Gasteiger partial charge in [-0.1, -0.05) is 12.1 Å². The molecule has 0 radical (unpaired) electrons. The number of thiophene rings is 1. The van der Waals surface area contributed by atoms with E-state index in [0.717, 1.165) is 10.6 Å². The third-order valence-electron chi connectivity index (χ3n) is 1.39. The Labute approximate surface area is 70.8 Å². The molecule has 2 heterocycles. The van der Waals surface area contributed by atoms with Crippen molar-refractivity contribution in [1.29, 1.82) is 0 Å². The summed E-state index contributed by atoms with van der Waals surface area (Å²) in [6, 6.07) is 8.10. The zero-order chi connectivity index (χ0) is 8.39. The van der Waals surface area contributed by atoms with E-state index in [9.17, 15) is 0 Å². The predicted molar refractivity (Wildman–Crippen MR) is 47.6 cm³/mol. The molecule has 0 bridgehead atoms. The van der Waals surface area contributed by atoms with Gasteiger partial charge in [-0.15, -0.1) is 11.3 Å². The lowest BCUT2D eigenvalue weighted by molar-refractivity contribution is 1.34. The minimum atomic E-state index is 0.454. The van der Waals surface area contributed by atoms with E-state index >= 15 is 0 Å². The first-order valence-corrected chi connectivity index (χ1v) is 4.21. The Morgan fingerprint density at radius 1 is 1.36 bits per heavy atom. The van der Waals surface area contributed by atoms with Crippen molar-refractivity contribution < 1.29 is 1.37 Å². The van der Waals surface area contributed by atoms with Crippen LogP contribution < -0.4 is 0 Å². The van der Waals surface area contributed by atoms with Gasteiger partial charge in [-0.05, 0) is 23.6 Å². The molecule has 0 atom stereocenters. The molecule has 2 rings (SSSR count). The molecule has 0 spiro atoms. The van der Waals surface area contributed by atoms with Crippen molar-refractivity contribution in [2.75, 3.05) is 0 Å². The van der Waals surface area contributed by atoms with Gasteiger partial charge in [0, 0.05) is 6.20 Å². The molecule has 0 aromatic carbocycles. The Morgan fingerprint density at radius 3 is 3.00 bits per heavy atom. The van der Waals surface area contributed by atoms with E-state index < -0.39 is 0 Å². The molecule has 0 amide bonds. The van der Waals surface area contributed by atoms with Crippen LogP contribution in [0.25, 0.3) is 10.6 Å². The summed E-state index contributed by atoms with van der Waals surface area (Å²) < 4.78 is 7.26. The van der Waals surface area contributed by atoms with Gasteiger partial charge in [-0.3, -0.25) is 4.98 Å². The molecule has 2 heteroatoms. The van der Waals surface area contributed by atoms with E-state index in [2.05, 4.69) is 4.98 Å². The van der Waals surface area contributed by atoms with Crippen LogP contribution >= 0.6 is 11.3 Å². The Morgan fingerprint density at radius 2 is 2.36 bits per heavy atom. The lowest BCUT2D eigenvalue weighted by Crippen LogP contribution is -1.75. The maximum atomic E-state index is 7.26. The SMILES string of the molecule is [2H]c1ccc(-c2cccs2)nc1. The predicted octanol–water partition coefficient (Wildman–Crippen LogP) is 2.81. The Bertz CT molecular complexity index is 353. The molecule has 0 aliphatic heterocycles. The van der Waals surface area contributed by atoms with Crippen LogP contribution in [0.3, 0.4) is 0 Å². The minimum Gasteiger partial charge on any atom is -0.255 e. The Hall–Kier alpha value is -1.15. The summed E-state index contributed by atoms with van der Waals surface area (Å²) in [6.07, 6.45) is 1.56. The average molecular weight is 162 g/mol. The number of hydrogen-bond donors (Lipinski definition) is 0. The van der Waals surface area contributed by atoms with Gasteiger partial charge in [0.25, 0.3) is 0 Å². The zero-order valence-electron chi connectivity index (χ0n) is 6.82. The Balaban J connectivity index is 2.43. The summed E-state index contributed by atoms with van der Waals surface area (Å²) in [7, 11) is 0. The third-order valence-corrected chi connectivity index (χ3v) is 2.28. The van der Waals surface area contributed by atoms with Crippen molar-refractivity contribution in [1.82, 2.24) is 4.98 Å². The van der Waals surface area contributed by atoms with Crippen LogP contribution in [0.2, 0.25) is 0 Å². The van der Waals surface area contributed by atoms with E-state index in [0.29, 0.717) is 6.04 Å². The molecule has 0 saturated carbocycles. The number of nitrogens with zero attached hydrogens (tertiary/aromatic N) is 1. The molecule has 0 aliphatic carbocycles. The molecular weight excluding hydrogens is 154 g/mol. The van der Waals surface area contributed by atoms with E-state index in [1.807, 2.05) is 23.6 Å². The molecule has 1 nitrogen and oxygen atoms in total. The van der Waals surface area contributed by atoms with Crippen LogP contribution in [-0.2, 0) is 0 Å². The van der Waals surface area contributed by atoms with Crippen LogP contribution in [-0.4, -0.2) is 4.98 Å². The van der Waals surface area contributed by atoms with Gasteiger partial charge in [0.2, 0.25) is 0 Å². The summed E-state index contributed by atoms with van der Waals surface area (Å²) >= 11 is 1.66. The molecule has 0 fully saturated rings. The second kappa shape index (κ2) is 2.84. The van der Waals surface area contributed by atoms with Crippen molar-refractivity contribution in [3.63, 3.8) is 0 Å². The largest absolute Gasteiger partial charge is 0.255 e. The Kier molecular flexibility index (Phi) is 1.42. The van der Waals surface area contributed by atoms with Crippen molar-refractivity contribution >= 4 is 11.3 Å². The van der Waals surface area contributed by atoms with Crippen molar-refractivity contribution in [2.45, 2.75) is 0 Å². The fourth-order valence-electron chi connectivity index (χ4n) is 0.890. The normalized spacial score (nSPS) is 11.1. The highest BCUT2D eigenvalue weighted by molar-refractivity contribution is 7.13. The second-order valence-corrected chi connectivity index (χ2v) is 3.07. The van der Waals surface area contributed by atoms with E-state index in [-0.39, 0.29) is 0 Å². The van der Waals surface area contributed by atoms with Gasteiger partial charge in [-0.2, -0.15) is 0 Å². The number of hydrogen-bond acceptors (Lipinski definition) is 2. The maximum Gasteiger partial charge on any atom is 0.0801 e. The molecule has 0 N–H and O–H groups in total. The number of aromatic nitrogens is 1. The van der Waals surface area contributed by atoms with Crippen LogP contribution in [0.1, 0.15) is 1.37 Å². The second-order valence-electron chi connectivity index (χ2n) is 2.12. The highest BCUT2D eigenvalue weighted by Gasteiger charge is 1.95. The molecule has 0 unspecified atom stereocenters. The number of rotatable bonds is 1. The van der Waals surface area contributed by atoms with Crippen LogP contribution in [0, 0.1) is 0 Å². The quantitative estimate of drug-likeness (QED) is 0.628. The molecule has 2 aromatic rings. The topological polar surface area (TPSA) is 12.9 Å². The fraction of sp³-hybridized carbons (Fsp3) is 0. The first-order chi connectivity index (χ1) is 5.86. The monoisotopic (exact) mass is 162 g/mol. The summed E-state index contributed by atoms with van der Waals surface area (Å²) in [4.78, 5) is 5.29. The summed E-state index contributed by atoms with van der Waals surface area (Å²) in [5.74, 6) is 0. The third kappa shape index (κ3) is 1.30. The van der Waals surface area contributed by atoms with Gasteiger partial charge >= 0.3 is 0 Å². The molecule has 11 heavy (non-hydrogen) atoms.